The van der Waals surface area contributed by atoms with Crippen LogP contribution in [-0.4, -0.2) is 54.9 Å². The lowest BCUT2D eigenvalue weighted by Gasteiger charge is -2.34. The quantitative estimate of drug-likeness (QED) is 0.721. The number of carbonyl (C=O) groups is 2. The Bertz CT molecular complexity index is 879. The van der Waals surface area contributed by atoms with Gasteiger partial charge in [0.05, 0.1) is 7.11 Å². The van der Waals surface area contributed by atoms with Crippen molar-refractivity contribution in [2.45, 2.75) is 20.0 Å². The molecule has 1 fully saturated rings. The average molecular weight is 417 g/mol. The van der Waals surface area contributed by atoms with E-state index in [2.05, 4.69) is 0 Å². The van der Waals surface area contributed by atoms with Gasteiger partial charge in [-0.2, -0.15) is 0 Å². The average Bonchev–Trinajstić information content (AvgIpc) is 2.77. The van der Waals surface area contributed by atoms with Crippen molar-refractivity contribution in [3.05, 3.63) is 58.6 Å². The van der Waals surface area contributed by atoms with Crippen molar-refractivity contribution in [1.29, 1.82) is 0 Å². The standard InChI is InChI=1S/C22H25ClN2O4/c1-3-21(26)24-10-12-25(13-11-24)22(27)16-8-9-19(20(14-16)28-2)29-15-17-6-4-5-7-18(17)23/h4-9,14H,3,10-13,15H2,1-2H3. The predicted molar refractivity (Wildman–Crippen MR) is 112 cm³/mol. The Balaban J connectivity index is 1.66. The molecule has 0 aromatic heterocycles. The van der Waals surface area contributed by atoms with Gasteiger partial charge in [-0.25, -0.2) is 0 Å². The van der Waals surface area contributed by atoms with E-state index in [1.165, 1.54) is 0 Å². The molecule has 0 N–H and O–H groups in total. The molecule has 2 aromatic rings. The molecule has 1 aliphatic heterocycles. The molecular weight excluding hydrogens is 392 g/mol. The Morgan fingerprint density at radius 1 is 1.00 bits per heavy atom. The topological polar surface area (TPSA) is 59.1 Å². The van der Waals surface area contributed by atoms with Crippen molar-refractivity contribution in [3.8, 4) is 11.5 Å². The third-order valence-corrected chi connectivity index (χ3v) is 5.34. The number of carbonyl (C=O) groups excluding carboxylic acids is 2. The summed E-state index contributed by atoms with van der Waals surface area (Å²) >= 11 is 6.17. The molecule has 29 heavy (non-hydrogen) atoms. The first kappa shape index (κ1) is 21.0. The van der Waals surface area contributed by atoms with Gasteiger partial charge in [-0.3, -0.25) is 9.59 Å². The number of ether oxygens (including phenoxy) is 2. The number of piperazine rings is 1. The van der Waals surface area contributed by atoms with Gasteiger partial charge in [0.1, 0.15) is 6.61 Å². The molecule has 0 radical (unpaired) electrons. The van der Waals surface area contributed by atoms with E-state index in [0.29, 0.717) is 61.3 Å². The summed E-state index contributed by atoms with van der Waals surface area (Å²) in [6.07, 6.45) is 0.487. The van der Waals surface area contributed by atoms with Gasteiger partial charge in [-0.15, -0.1) is 0 Å². The summed E-state index contributed by atoms with van der Waals surface area (Å²) in [5, 5.41) is 0.638. The van der Waals surface area contributed by atoms with E-state index in [-0.39, 0.29) is 11.8 Å². The van der Waals surface area contributed by atoms with Crippen LogP contribution in [0.15, 0.2) is 42.5 Å². The van der Waals surface area contributed by atoms with Crippen LogP contribution in [-0.2, 0) is 11.4 Å². The van der Waals surface area contributed by atoms with Crippen LogP contribution in [0.25, 0.3) is 0 Å². The zero-order valence-corrected chi connectivity index (χ0v) is 17.4. The SMILES string of the molecule is CCC(=O)N1CCN(C(=O)c2ccc(OCc3ccccc3Cl)c(OC)c2)CC1. The maximum atomic E-state index is 12.9. The minimum atomic E-state index is -0.0791. The van der Waals surface area contributed by atoms with Gasteiger partial charge in [0.2, 0.25) is 5.91 Å². The Morgan fingerprint density at radius 3 is 2.34 bits per heavy atom. The van der Waals surface area contributed by atoms with Crippen molar-refractivity contribution >= 4 is 23.4 Å². The van der Waals surface area contributed by atoms with E-state index in [4.69, 9.17) is 21.1 Å². The molecule has 3 rings (SSSR count). The summed E-state index contributed by atoms with van der Waals surface area (Å²) in [4.78, 5) is 28.2. The lowest BCUT2D eigenvalue weighted by atomic mass is 10.1. The Kier molecular flexibility index (Phi) is 6.99. The van der Waals surface area contributed by atoms with Crippen molar-refractivity contribution in [2.24, 2.45) is 0 Å². The second-order valence-electron chi connectivity index (χ2n) is 6.77. The van der Waals surface area contributed by atoms with Gasteiger partial charge in [0.15, 0.2) is 11.5 Å². The maximum Gasteiger partial charge on any atom is 0.254 e. The third kappa shape index (κ3) is 5.01. The molecule has 0 aliphatic carbocycles. The number of methoxy groups -OCH3 is 1. The van der Waals surface area contributed by atoms with Crippen LogP contribution < -0.4 is 9.47 Å². The molecule has 7 heteroatoms. The zero-order chi connectivity index (χ0) is 20.8. The predicted octanol–water partition coefficient (Wildman–Crippen LogP) is 3.62. The molecule has 0 unspecified atom stereocenters. The largest absolute Gasteiger partial charge is 0.493 e. The molecule has 0 saturated carbocycles. The minimum Gasteiger partial charge on any atom is -0.493 e. The van der Waals surface area contributed by atoms with E-state index < -0.39 is 0 Å². The van der Waals surface area contributed by atoms with Gasteiger partial charge in [0, 0.05) is 48.7 Å². The van der Waals surface area contributed by atoms with E-state index in [1.54, 1.807) is 35.1 Å². The number of hydrogen-bond donors (Lipinski definition) is 0. The van der Waals surface area contributed by atoms with Gasteiger partial charge in [0.25, 0.3) is 5.91 Å². The summed E-state index contributed by atoms with van der Waals surface area (Å²) in [6.45, 7) is 4.33. The molecule has 0 atom stereocenters. The first-order chi connectivity index (χ1) is 14.0. The normalized spacial score (nSPS) is 13.9. The molecule has 2 aromatic carbocycles. The molecule has 1 heterocycles. The number of hydrogen-bond acceptors (Lipinski definition) is 4. The zero-order valence-electron chi connectivity index (χ0n) is 16.7. The first-order valence-corrected chi connectivity index (χ1v) is 10.0. The minimum absolute atomic E-state index is 0.0791. The van der Waals surface area contributed by atoms with Crippen LogP contribution in [0.5, 0.6) is 11.5 Å². The van der Waals surface area contributed by atoms with Crippen LogP contribution in [0.1, 0.15) is 29.3 Å². The van der Waals surface area contributed by atoms with Crippen molar-refractivity contribution < 1.29 is 19.1 Å². The van der Waals surface area contributed by atoms with Crippen molar-refractivity contribution in [2.75, 3.05) is 33.3 Å². The third-order valence-electron chi connectivity index (χ3n) is 4.97. The summed E-state index contributed by atoms with van der Waals surface area (Å²) in [5.41, 5.74) is 1.40. The summed E-state index contributed by atoms with van der Waals surface area (Å²) in [6, 6.07) is 12.6. The molecule has 154 valence electrons. The van der Waals surface area contributed by atoms with Crippen LogP contribution in [0.2, 0.25) is 5.02 Å². The molecular formula is C22H25ClN2O4. The summed E-state index contributed by atoms with van der Waals surface area (Å²) < 4.78 is 11.3. The van der Waals surface area contributed by atoms with Gasteiger partial charge < -0.3 is 19.3 Å². The smallest absolute Gasteiger partial charge is 0.254 e. The number of amides is 2. The van der Waals surface area contributed by atoms with Crippen LogP contribution in [0.3, 0.4) is 0 Å². The first-order valence-electron chi connectivity index (χ1n) is 9.64. The van der Waals surface area contributed by atoms with Crippen LogP contribution in [0.4, 0.5) is 0 Å². The molecule has 1 saturated heterocycles. The molecule has 6 nitrogen and oxygen atoms in total. The summed E-state index contributed by atoms with van der Waals surface area (Å²) in [5.74, 6) is 1.08. The number of rotatable bonds is 6. The van der Waals surface area contributed by atoms with Crippen LogP contribution in [0, 0.1) is 0 Å². The Hall–Kier alpha value is -2.73. The fraction of sp³-hybridized carbons (Fsp3) is 0.364. The highest BCUT2D eigenvalue weighted by Gasteiger charge is 2.24. The molecule has 0 bridgehead atoms. The number of halogens is 1. The lowest BCUT2D eigenvalue weighted by Crippen LogP contribution is -2.50. The highest BCUT2D eigenvalue weighted by Crippen LogP contribution is 2.30. The van der Waals surface area contributed by atoms with E-state index in [9.17, 15) is 9.59 Å². The van der Waals surface area contributed by atoms with Crippen LogP contribution >= 0.6 is 11.6 Å². The Morgan fingerprint density at radius 2 is 1.69 bits per heavy atom. The molecule has 2 amide bonds. The van der Waals surface area contributed by atoms with Gasteiger partial charge >= 0.3 is 0 Å². The van der Waals surface area contributed by atoms with E-state index in [1.807, 2.05) is 31.2 Å². The highest BCUT2D eigenvalue weighted by molar-refractivity contribution is 6.31. The summed E-state index contributed by atoms with van der Waals surface area (Å²) in [7, 11) is 1.54. The maximum absolute atomic E-state index is 12.9. The number of benzene rings is 2. The second-order valence-corrected chi connectivity index (χ2v) is 7.18. The lowest BCUT2D eigenvalue weighted by molar-refractivity contribution is -0.132. The monoisotopic (exact) mass is 416 g/mol. The van der Waals surface area contributed by atoms with E-state index in [0.717, 1.165) is 5.56 Å². The Labute approximate surface area is 176 Å². The second kappa shape index (κ2) is 9.65. The van der Waals surface area contributed by atoms with Crippen molar-refractivity contribution in [1.82, 2.24) is 9.80 Å². The van der Waals surface area contributed by atoms with Gasteiger partial charge in [-0.1, -0.05) is 36.7 Å². The van der Waals surface area contributed by atoms with Crippen molar-refractivity contribution in [3.63, 3.8) is 0 Å². The highest BCUT2D eigenvalue weighted by atomic mass is 35.5. The molecule has 0 spiro atoms. The van der Waals surface area contributed by atoms with E-state index >= 15 is 0 Å². The number of nitrogens with zero attached hydrogens (tertiary/aromatic N) is 2. The fourth-order valence-corrected chi connectivity index (χ4v) is 3.45. The molecule has 1 aliphatic rings. The fourth-order valence-electron chi connectivity index (χ4n) is 3.26. The van der Waals surface area contributed by atoms with Gasteiger partial charge in [-0.05, 0) is 24.3 Å².